The normalized spacial score (nSPS) is 13.1. The topological polar surface area (TPSA) is 29.1 Å². The summed E-state index contributed by atoms with van der Waals surface area (Å²) in [5, 5.41) is 3.24. The Bertz CT molecular complexity index is 128. The zero-order valence-electron chi connectivity index (χ0n) is 8.97. The molecule has 3 heteroatoms. The predicted molar refractivity (Wildman–Crippen MR) is 60.6 cm³/mol. The van der Waals surface area contributed by atoms with Crippen LogP contribution in [0, 0.1) is 0 Å². The van der Waals surface area contributed by atoms with E-state index in [1.807, 2.05) is 0 Å². The van der Waals surface area contributed by atoms with Crippen LogP contribution in [0.3, 0.4) is 0 Å². The fourth-order valence-electron chi connectivity index (χ4n) is 1.15. The van der Waals surface area contributed by atoms with Gasteiger partial charge in [-0.25, -0.2) is 0 Å². The Hall–Kier alpha value is 0.110. The van der Waals surface area contributed by atoms with Gasteiger partial charge in [-0.15, -0.1) is 0 Å². The van der Waals surface area contributed by atoms with Crippen molar-refractivity contribution in [2.45, 2.75) is 39.5 Å². The Balaban J connectivity index is 3.11. The monoisotopic (exact) mass is 205 g/mol. The van der Waals surface area contributed by atoms with Gasteiger partial charge in [0.25, 0.3) is 0 Å². The molecule has 80 valence electrons. The van der Waals surface area contributed by atoms with Gasteiger partial charge in [0.05, 0.1) is 0 Å². The smallest absolute Gasteiger partial charge is 0.0246 e. The van der Waals surface area contributed by atoms with Gasteiger partial charge in [-0.2, -0.15) is 0 Å². The molecule has 0 fully saturated rings. The molecule has 1 unspecified atom stereocenters. The summed E-state index contributed by atoms with van der Waals surface area (Å²) < 4.78 is 11.4. The number of hydrogen-bond donors (Lipinski definition) is 1. The lowest BCUT2D eigenvalue weighted by atomic mass is 10.3. The molecule has 0 bridgehead atoms. The van der Waals surface area contributed by atoms with E-state index in [0.717, 1.165) is 37.4 Å². The fraction of sp³-hybridized carbons (Fsp3) is 1.00. The Kier molecular flexibility index (Phi) is 10.3. The van der Waals surface area contributed by atoms with Crippen LogP contribution in [-0.2, 0) is 10.8 Å². The molecule has 0 aromatic rings. The van der Waals surface area contributed by atoms with Gasteiger partial charge in [-0.3, -0.25) is 4.21 Å². The minimum atomic E-state index is -0.565. The minimum Gasteiger partial charge on any atom is -0.317 e. The molecule has 2 nitrogen and oxygen atoms in total. The second-order valence-corrected chi connectivity index (χ2v) is 4.96. The summed E-state index contributed by atoms with van der Waals surface area (Å²) in [6.07, 6.45) is 4.62. The first-order valence-electron chi connectivity index (χ1n) is 5.37. The van der Waals surface area contributed by atoms with Crippen molar-refractivity contribution in [3.05, 3.63) is 0 Å². The predicted octanol–water partition coefficient (Wildman–Crippen LogP) is 1.92. The van der Waals surface area contributed by atoms with Crippen LogP contribution in [0.4, 0.5) is 0 Å². The van der Waals surface area contributed by atoms with Crippen LogP contribution in [0.5, 0.6) is 0 Å². The fourth-order valence-corrected chi connectivity index (χ4v) is 2.35. The van der Waals surface area contributed by atoms with E-state index in [1.165, 1.54) is 12.8 Å². The molecule has 0 spiro atoms. The molecular formula is C10H23NOS. The maximum absolute atomic E-state index is 11.4. The zero-order chi connectivity index (χ0) is 9.94. The molecule has 13 heavy (non-hydrogen) atoms. The van der Waals surface area contributed by atoms with Crippen molar-refractivity contribution >= 4 is 10.8 Å². The third-order valence-electron chi connectivity index (χ3n) is 1.95. The van der Waals surface area contributed by atoms with E-state index >= 15 is 0 Å². The van der Waals surface area contributed by atoms with E-state index in [4.69, 9.17) is 0 Å². The van der Waals surface area contributed by atoms with Crippen LogP contribution in [-0.4, -0.2) is 28.8 Å². The number of rotatable bonds is 9. The van der Waals surface area contributed by atoms with Crippen LogP contribution in [0.1, 0.15) is 39.5 Å². The lowest BCUT2D eigenvalue weighted by molar-refractivity contribution is 0.664. The summed E-state index contributed by atoms with van der Waals surface area (Å²) in [4.78, 5) is 0. The van der Waals surface area contributed by atoms with Gasteiger partial charge in [0.15, 0.2) is 0 Å². The van der Waals surface area contributed by atoms with Crippen molar-refractivity contribution in [2.24, 2.45) is 0 Å². The average Bonchev–Trinajstić information content (AvgIpc) is 2.13. The van der Waals surface area contributed by atoms with Gasteiger partial charge in [0.2, 0.25) is 0 Å². The van der Waals surface area contributed by atoms with Crippen LogP contribution < -0.4 is 5.32 Å². The molecule has 0 radical (unpaired) electrons. The lowest BCUT2D eigenvalue weighted by Crippen LogP contribution is -2.16. The van der Waals surface area contributed by atoms with Crippen LogP contribution in [0.25, 0.3) is 0 Å². The third-order valence-corrected chi connectivity index (χ3v) is 3.44. The average molecular weight is 205 g/mol. The summed E-state index contributed by atoms with van der Waals surface area (Å²) >= 11 is 0. The Morgan fingerprint density at radius 2 is 1.77 bits per heavy atom. The van der Waals surface area contributed by atoms with E-state index in [1.54, 1.807) is 0 Å². The molecule has 1 N–H and O–H groups in total. The molecule has 0 aliphatic rings. The SMILES string of the molecule is CCCCCS(=O)CCCNCC. The highest BCUT2D eigenvalue weighted by Crippen LogP contribution is 1.97. The molecule has 0 saturated heterocycles. The number of unbranched alkanes of at least 4 members (excludes halogenated alkanes) is 2. The highest BCUT2D eigenvalue weighted by molar-refractivity contribution is 7.84. The quantitative estimate of drug-likeness (QED) is 0.583. The van der Waals surface area contributed by atoms with Crippen molar-refractivity contribution in [3.63, 3.8) is 0 Å². The van der Waals surface area contributed by atoms with E-state index in [2.05, 4.69) is 19.2 Å². The summed E-state index contributed by atoms with van der Waals surface area (Å²) in [5.74, 6) is 1.77. The summed E-state index contributed by atoms with van der Waals surface area (Å²) in [5.41, 5.74) is 0. The summed E-state index contributed by atoms with van der Waals surface area (Å²) in [7, 11) is -0.565. The molecule has 0 heterocycles. The van der Waals surface area contributed by atoms with Crippen molar-refractivity contribution in [1.29, 1.82) is 0 Å². The molecule has 0 amide bonds. The van der Waals surface area contributed by atoms with E-state index in [9.17, 15) is 4.21 Å². The zero-order valence-corrected chi connectivity index (χ0v) is 9.79. The van der Waals surface area contributed by atoms with E-state index < -0.39 is 10.8 Å². The maximum atomic E-state index is 11.4. The summed E-state index contributed by atoms with van der Waals surface area (Å²) in [6.45, 7) is 6.30. The van der Waals surface area contributed by atoms with Gasteiger partial charge in [-0.1, -0.05) is 26.7 Å². The standard InChI is InChI=1S/C10H23NOS/c1-3-5-6-9-13(12)10-7-8-11-4-2/h11H,3-10H2,1-2H3. The van der Waals surface area contributed by atoms with Crippen LogP contribution >= 0.6 is 0 Å². The molecule has 0 aromatic carbocycles. The van der Waals surface area contributed by atoms with Crippen molar-refractivity contribution < 1.29 is 4.21 Å². The first-order valence-corrected chi connectivity index (χ1v) is 6.85. The second-order valence-electron chi connectivity index (χ2n) is 3.26. The Morgan fingerprint density at radius 1 is 1.08 bits per heavy atom. The van der Waals surface area contributed by atoms with E-state index in [-0.39, 0.29) is 0 Å². The first-order chi connectivity index (χ1) is 6.31. The van der Waals surface area contributed by atoms with Crippen LogP contribution in [0.2, 0.25) is 0 Å². The molecule has 0 aromatic heterocycles. The van der Waals surface area contributed by atoms with Crippen molar-refractivity contribution in [3.8, 4) is 0 Å². The van der Waals surface area contributed by atoms with Gasteiger partial charge < -0.3 is 5.32 Å². The van der Waals surface area contributed by atoms with Crippen molar-refractivity contribution in [2.75, 3.05) is 24.6 Å². The molecule has 0 rings (SSSR count). The highest BCUT2D eigenvalue weighted by Gasteiger charge is 1.98. The Morgan fingerprint density at radius 3 is 2.38 bits per heavy atom. The number of nitrogens with one attached hydrogen (secondary N) is 1. The minimum absolute atomic E-state index is 0.565. The first kappa shape index (κ1) is 13.1. The van der Waals surface area contributed by atoms with Gasteiger partial charge in [0, 0.05) is 22.3 Å². The molecule has 1 atom stereocenters. The molecular weight excluding hydrogens is 182 g/mol. The van der Waals surface area contributed by atoms with Crippen LogP contribution in [0.15, 0.2) is 0 Å². The highest BCUT2D eigenvalue weighted by atomic mass is 32.2. The molecule has 0 aliphatic heterocycles. The lowest BCUT2D eigenvalue weighted by Gasteiger charge is -2.02. The second kappa shape index (κ2) is 10.2. The number of hydrogen-bond acceptors (Lipinski definition) is 2. The molecule has 0 aliphatic carbocycles. The van der Waals surface area contributed by atoms with Gasteiger partial charge in [-0.05, 0) is 25.9 Å². The largest absolute Gasteiger partial charge is 0.317 e. The van der Waals surface area contributed by atoms with E-state index in [0.29, 0.717) is 0 Å². The van der Waals surface area contributed by atoms with Gasteiger partial charge in [0.1, 0.15) is 0 Å². The summed E-state index contributed by atoms with van der Waals surface area (Å²) in [6, 6.07) is 0. The van der Waals surface area contributed by atoms with Crippen molar-refractivity contribution in [1.82, 2.24) is 5.32 Å². The maximum Gasteiger partial charge on any atom is 0.0246 e. The molecule has 0 saturated carbocycles. The Labute approximate surface area is 84.9 Å². The van der Waals surface area contributed by atoms with Gasteiger partial charge >= 0.3 is 0 Å². The third kappa shape index (κ3) is 10.0.